The van der Waals surface area contributed by atoms with Crippen LogP contribution in [0, 0.1) is 0 Å². The zero-order valence-corrected chi connectivity index (χ0v) is 26.5. The molecule has 2 heterocycles. The van der Waals surface area contributed by atoms with E-state index in [1.165, 1.54) is 10.4 Å². The van der Waals surface area contributed by atoms with E-state index in [2.05, 4.69) is 92.7 Å². The molecule has 0 saturated carbocycles. The number of sulfonamides is 1. The van der Waals surface area contributed by atoms with Crippen molar-refractivity contribution in [1.82, 2.24) is 29.8 Å². The lowest BCUT2D eigenvalue weighted by Crippen LogP contribution is -2.46. The van der Waals surface area contributed by atoms with Crippen LogP contribution in [-0.2, 0) is 32.3 Å². The summed E-state index contributed by atoms with van der Waals surface area (Å²) in [4.78, 5) is 3.98. The highest BCUT2D eigenvalue weighted by Crippen LogP contribution is 2.41. The summed E-state index contributed by atoms with van der Waals surface area (Å²) in [7, 11) is 0.659. The number of tetrazole rings is 1. The Hall–Kier alpha value is -3.93. The van der Waals surface area contributed by atoms with Gasteiger partial charge in [-0.25, -0.2) is 17.7 Å². The molecule has 1 aliphatic heterocycles. The Labute approximate surface area is 260 Å². The Bertz CT molecular complexity index is 1580. The first-order chi connectivity index (χ1) is 21.2. The maximum atomic E-state index is 11.5. The molecule has 11 heteroatoms. The number of likely N-dealkylation sites (tertiary alicyclic amines) is 1. The molecular weight excluding hydrogens is 574 g/mol. The van der Waals surface area contributed by atoms with E-state index in [1.54, 1.807) is 6.40 Å². The van der Waals surface area contributed by atoms with Crippen LogP contribution in [0.1, 0.15) is 41.8 Å². The van der Waals surface area contributed by atoms with Gasteiger partial charge >= 0.3 is 6.40 Å². The third-order valence-corrected chi connectivity index (χ3v) is 9.05. The van der Waals surface area contributed by atoms with Crippen LogP contribution >= 0.6 is 0 Å². The van der Waals surface area contributed by atoms with Gasteiger partial charge in [-0.3, -0.25) is 0 Å². The maximum Gasteiger partial charge on any atom is 0.324 e. The fraction of sp³-hybridized carbons (Fsp3) is 0.394. The van der Waals surface area contributed by atoms with Crippen LogP contribution in [0.15, 0.2) is 91.0 Å². The van der Waals surface area contributed by atoms with Crippen molar-refractivity contribution >= 4 is 16.4 Å². The van der Waals surface area contributed by atoms with Crippen molar-refractivity contribution < 1.29 is 17.7 Å². The van der Waals surface area contributed by atoms with Gasteiger partial charge in [0, 0.05) is 30.6 Å². The lowest BCUT2D eigenvalue weighted by molar-refractivity contribution is -0.470. The van der Waals surface area contributed by atoms with Gasteiger partial charge < -0.3 is 9.64 Å². The Morgan fingerprint density at radius 1 is 0.909 bits per heavy atom. The normalized spacial score (nSPS) is 15.5. The predicted octanol–water partition coefficient (Wildman–Crippen LogP) is 3.26. The first kappa shape index (κ1) is 31.5. The van der Waals surface area contributed by atoms with Crippen molar-refractivity contribution in [2.45, 2.75) is 36.8 Å². The first-order valence-corrected chi connectivity index (χ1v) is 16.9. The van der Waals surface area contributed by atoms with Crippen molar-refractivity contribution in [2.75, 3.05) is 46.5 Å². The van der Waals surface area contributed by atoms with Gasteiger partial charge in [0.05, 0.1) is 18.2 Å². The molecule has 44 heavy (non-hydrogen) atoms. The van der Waals surface area contributed by atoms with Crippen LogP contribution in [0.5, 0.6) is 0 Å². The lowest BCUT2D eigenvalue weighted by Gasteiger charge is -2.41. The second kappa shape index (κ2) is 13.8. The van der Waals surface area contributed by atoms with Gasteiger partial charge in [0.15, 0.2) is 11.4 Å². The number of benzene rings is 3. The molecule has 0 radical (unpaired) electrons. The fourth-order valence-electron chi connectivity index (χ4n) is 5.99. The molecule has 3 aromatic carbocycles. The second-order valence-corrected chi connectivity index (χ2v) is 13.5. The Balaban J connectivity index is 1.37. The topological polar surface area (TPSA) is 105 Å². The van der Waals surface area contributed by atoms with E-state index in [9.17, 15) is 8.42 Å². The molecule has 4 aromatic rings. The number of aromatic nitrogens is 4. The number of piperidine rings is 1. The average molecular weight is 617 g/mol. The second-order valence-electron chi connectivity index (χ2n) is 11.7. The van der Waals surface area contributed by atoms with Crippen molar-refractivity contribution in [3.8, 4) is 0 Å². The van der Waals surface area contributed by atoms with Crippen LogP contribution in [0.25, 0.3) is 0 Å². The Kier molecular flexibility index (Phi) is 9.87. The number of rotatable bonds is 13. The van der Waals surface area contributed by atoms with E-state index < -0.39 is 15.6 Å². The molecule has 232 valence electrons. The van der Waals surface area contributed by atoms with E-state index in [0.29, 0.717) is 12.4 Å². The van der Waals surface area contributed by atoms with Gasteiger partial charge in [-0.05, 0) is 36.7 Å². The van der Waals surface area contributed by atoms with Gasteiger partial charge in [0.1, 0.15) is 14.1 Å². The molecule has 5 rings (SSSR count). The zero-order valence-electron chi connectivity index (χ0n) is 25.7. The van der Waals surface area contributed by atoms with Gasteiger partial charge in [-0.2, -0.15) is 4.80 Å². The molecule has 1 N–H and O–H groups in total. The summed E-state index contributed by atoms with van der Waals surface area (Å²) in [5.74, 6) is 0.675. The molecule has 1 aromatic heterocycles. The van der Waals surface area contributed by atoms with Crippen LogP contribution in [0.3, 0.4) is 0 Å². The lowest BCUT2D eigenvalue weighted by atomic mass is 9.72. The van der Waals surface area contributed by atoms with Crippen molar-refractivity contribution in [3.05, 3.63) is 114 Å². The Morgan fingerprint density at radius 3 is 2.02 bits per heavy atom. The number of nitrogens with one attached hydrogen (secondary N) is 1. The highest BCUT2D eigenvalue weighted by molar-refractivity contribution is 7.88. The molecule has 0 aliphatic carbocycles. The maximum absolute atomic E-state index is 11.5. The third-order valence-electron chi connectivity index (χ3n) is 8.32. The molecule has 1 fully saturated rings. The molecule has 10 nitrogen and oxygen atoms in total. The van der Waals surface area contributed by atoms with Crippen LogP contribution in [0.4, 0.5) is 0 Å². The molecule has 1 aliphatic rings. The monoisotopic (exact) mass is 616 g/mol. The van der Waals surface area contributed by atoms with Gasteiger partial charge in [0.25, 0.3) is 0 Å². The summed E-state index contributed by atoms with van der Waals surface area (Å²) in [6, 6.07) is 31.3. The minimum Gasteiger partial charge on any atom is -0.434 e. The van der Waals surface area contributed by atoms with Crippen LogP contribution < -0.4 is 4.72 Å². The Morgan fingerprint density at radius 2 is 1.48 bits per heavy atom. The molecule has 0 spiro atoms. The predicted molar refractivity (Wildman–Crippen MR) is 171 cm³/mol. The molecule has 0 atom stereocenters. The number of hydrogen-bond donors (Lipinski definition) is 1. The van der Waals surface area contributed by atoms with E-state index in [-0.39, 0.29) is 12.0 Å². The van der Waals surface area contributed by atoms with E-state index >= 15 is 0 Å². The minimum absolute atomic E-state index is 0.207. The summed E-state index contributed by atoms with van der Waals surface area (Å²) in [6.45, 7) is 3.07. The smallest absolute Gasteiger partial charge is 0.324 e. The molecule has 0 unspecified atom stereocenters. The zero-order chi connectivity index (χ0) is 31.0. The number of ether oxygens (including phenoxy) is 1. The van der Waals surface area contributed by atoms with Gasteiger partial charge in [-0.1, -0.05) is 91.0 Å². The van der Waals surface area contributed by atoms with Crippen molar-refractivity contribution in [1.29, 1.82) is 0 Å². The highest BCUT2D eigenvalue weighted by Gasteiger charge is 2.43. The molecule has 0 amide bonds. The van der Waals surface area contributed by atoms with E-state index in [1.807, 2.05) is 36.9 Å². The van der Waals surface area contributed by atoms with Crippen LogP contribution in [0.2, 0.25) is 0 Å². The summed E-state index contributed by atoms with van der Waals surface area (Å²) in [5, 5.41) is 13.5. The van der Waals surface area contributed by atoms with E-state index in [0.717, 1.165) is 56.3 Å². The number of hydrogen-bond acceptors (Lipinski definition) is 7. The molecular formula is C33H42N7O3S+. The standard InChI is InChI=1S/C33H42N7O3S/c1-38(2)27-43-33(29-15-9-5-10-16-29,30-17-11-6-12-18-30)21-25-39-23-19-32(20-24-39,28-13-7-4-8-14-28)31-35-37-40(36-31)26-22-34-44(3,41)42/h4-18,27,34H,19-26H2,1-3H3/q+1. The van der Waals surface area contributed by atoms with Crippen molar-refractivity contribution in [3.63, 3.8) is 0 Å². The SMILES string of the molecule is C[N+](C)=COC(CCN1CCC(c2ccccc2)(c2nnn(CCNS(C)(=O)=O)n2)CC1)(c1ccccc1)c1ccccc1. The summed E-state index contributed by atoms with van der Waals surface area (Å²) in [6.07, 6.45) is 5.38. The quantitative estimate of drug-likeness (QED) is 0.140. The summed E-state index contributed by atoms with van der Waals surface area (Å²) < 4.78 is 34.1. The van der Waals surface area contributed by atoms with Crippen LogP contribution in [-0.4, -0.2) is 91.0 Å². The third kappa shape index (κ3) is 7.40. The summed E-state index contributed by atoms with van der Waals surface area (Å²) in [5.41, 5.74) is 2.37. The fourth-order valence-corrected chi connectivity index (χ4v) is 6.46. The summed E-state index contributed by atoms with van der Waals surface area (Å²) >= 11 is 0. The highest BCUT2D eigenvalue weighted by atomic mass is 32.2. The van der Waals surface area contributed by atoms with Crippen molar-refractivity contribution in [2.24, 2.45) is 0 Å². The molecule has 1 saturated heterocycles. The largest absolute Gasteiger partial charge is 0.434 e. The first-order valence-electron chi connectivity index (χ1n) is 15.0. The van der Waals surface area contributed by atoms with Gasteiger partial charge in [0.2, 0.25) is 10.0 Å². The van der Waals surface area contributed by atoms with E-state index in [4.69, 9.17) is 9.84 Å². The number of nitrogens with zero attached hydrogens (tertiary/aromatic N) is 6. The van der Waals surface area contributed by atoms with Gasteiger partial charge in [-0.15, -0.1) is 10.2 Å². The molecule has 0 bridgehead atoms. The minimum atomic E-state index is -3.29. The average Bonchev–Trinajstić information content (AvgIpc) is 3.52.